The van der Waals surface area contributed by atoms with Crippen molar-refractivity contribution in [1.29, 1.82) is 0 Å². The summed E-state index contributed by atoms with van der Waals surface area (Å²) in [4.78, 5) is 12.5. The van der Waals surface area contributed by atoms with Crippen molar-refractivity contribution in [2.75, 3.05) is 5.32 Å². The van der Waals surface area contributed by atoms with Crippen LogP contribution < -0.4 is 5.32 Å². The number of nitrogens with one attached hydrogen (secondary N) is 1. The van der Waals surface area contributed by atoms with Gasteiger partial charge in [0.1, 0.15) is 5.82 Å². The van der Waals surface area contributed by atoms with Gasteiger partial charge in [-0.15, -0.1) is 0 Å². The lowest BCUT2D eigenvalue weighted by Gasteiger charge is -2.05. The van der Waals surface area contributed by atoms with E-state index in [1.54, 1.807) is 47.6 Å². The molecule has 130 valence electrons. The van der Waals surface area contributed by atoms with Crippen LogP contribution in [0.5, 0.6) is 0 Å². The van der Waals surface area contributed by atoms with E-state index in [1.165, 1.54) is 6.07 Å². The topological polar surface area (TPSA) is 64.7 Å². The van der Waals surface area contributed by atoms with E-state index in [0.29, 0.717) is 29.2 Å². The van der Waals surface area contributed by atoms with Crippen LogP contribution >= 0.6 is 0 Å². The maximum absolute atomic E-state index is 13.8. The molecule has 0 fully saturated rings. The number of aryl methyl sites for hydroxylation is 3. The number of aromatic nitrogens is 4. The predicted molar refractivity (Wildman–Crippen MR) is 93.1 cm³/mol. The molecule has 1 N–H and O–H groups in total. The van der Waals surface area contributed by atoms with Crippen molar-refractivity contribution >= 4 is 11.7 Å². The molecule has 0 bridgehead atoms. The molecule has 1 amide bonds. The van der Waals surface area contributed by atoms with E-state index >= 15 is 0 Å². The fraction of sp³-hybridized carbons (Fsp3) is 0.278. The van der Waals surface area contributed by atoms with Crippen LogP contribution in [-0.2, 0) is 13.6 Å². The summed E-state index contributed by atoms with van der Waals surface area (Å²) < 4.78 is 17.2. The van der Waals surface area contributed by atoms with Gasteiger partial charge in [0.2, 0.25) is 0 Å². The molecular weight excluding hydrogens is 321 g/mol. The molecule has 1 aromatic carbocycles. The van der Waals surface area contributed by atoms with Gasteiger partial charge in [0.05, 0.1) is 17.8 Å². The van der Waals surface area contributed by atoms with Crippen LogP contribution in [0.2, 0.25) is 0 Å². The van der Waals surface area contributed by atoms with Gasteiger partial charge in [-0.1, -0.05) is 18.2 Å². The Kier molecular flexibility index (Phi) is 4.39. The van der Waals surface area contributed by atoms with E-state index in [0.717, 1.165) is 11.4 Å². The van der Waals surface area contributed by atoms with Crippen molar-refractivity contribution in [1.82, 2.24) is 19.6 Å². The molecule has 3 rings (SSSR count). The van der Waals surface area contributed by atoms with Gasteiger partial charge in [-0.2, -0.15) is 10.2 Å². The minimum atomic E-state index is -0.274. The summed E-state index contributed by atoms with van der Waals surface area (Å²) in [6.07, 6.45) is 0. The van der Waals surface area contributed by atoms with Crippen LogP contribution in [0.3, 0.4) is 0 Å². The molecule has 0 spiro atoms. The Hall–Kier alpha value is -2.96. The number of anilines is 1. The highest BCUT2D eigenvalue weighted by Gasteiger charge is 2.18. The van der Waals surface area contributed by atoms with Crippen molar-refractivity contribution in [2.45, 2.75) is 27.3 Å². The fourth-order valence-electron chi connectivity index (χ4n) is 2.80. The smallest absolute Gasteiger partial charge is 0.260 e. The molecule has 0 aliphatic heterocycles. The first-order chi connectivity index (χ1) is 11.9. The second-order valence-electron chi connectivity index (χ2n) is 6.04. The monoisotopic (exact) mass is 341 g/mol. The zero-order chi connectivity index (χ0) is 18.1. The van der Waals surface area contributed by atoms with Crippen LogP contribution in [0.25, 0.3) is 0 Å². The number of rotatable bonds is 4. The van der Waals surface area contributed by atoms with E-state index in [-0.39, 0.29) is 11.7 Å². The molecule has 6 nitrogen and oxygen atoms in total. The predicted octanol–water partition coefficient (Wildman–Crippen LogP) is 2.98. The van der Waals surface area contributed by atoms with Gasteiger partial charge in [0.15, 0.2) is 5.82 Å². The Morgan fingerprint density at radius 1 is 1.20 bits per heavy atom. The zero-order valence-corrected chi connectivity index (χ0v) is 14.7. The van der Waals surface area contributed by atoms with E-state index in [2.05, 4.69) is 15.5 Å². The van der Waals surface area contributed by atoms with Gasteiger partial charge in [-0.25, -0.2) is 4.39 Å². The van der Waals surface area contributed by atoms with E-state index in [4.69, 9.17) is 0 Å². The standard InChI is InChI=1S/C18H20FN5O/c1-11-9-16(20-18(25)17-12(2)21-23(4)13(17)3)22-24(11)10-14-7-5-6-8-15(14)19/h5-9H,10H2,1-4H3,(H,20,22,25). The third kappa shape index (κ3) is 3.31. The minimum absolute atomic E-state index is 0.251. The highest BCUT2D eigenvalue weighted by molar-refractivity contribution is 6.05. The van der Waals surface area contributed by atoms with Gasteiger partial charge in [0, 0.05) is 30.1 Å². The Morgan fingerprint density at radius 3 is 2.56 bits per heavy atom. The average Bonchev–Trinajstić information content (AvgIpc) is 3.01. The zero-order valence-electron chi connectivity index (χ0n) is 14.7. The summed E-state index contributed by atoms with van der Waals surface area (Å²) in [5.41, 5.74) is 3.38. The number of hydrogen-bond donors (Lipinski definition) is 1. The second-order valence-corrected chi connectivity index (χ2v) is 6.04. The third-order valence-electron chi connectivity index (χ3n) is 4.24. The van der Waals surface area contributed by atoms with Gasteiger partial charge in [-0.3, -0.25) is 14.2 Å². The lowest BCUT2D eigenvalue weighted by atomic mass is 10.2. The summed E-state index contributed by atoms with van der Waals surface area (Å²) >= 11 is 0. The number of nitrogens with zero attached hydrogens (tertiary/aromatic N) is 4. The molecule has 3 aromatic rings. The number of benzene rings is 1. The minimum Gasteiger partial charge on any atom is -0.305 e. The van der Waals surface area contributed by atoms with Crippen LogP contribution in [0.15, 0.2) is 30.3 Å². The summed E-state index contributed by atoms with van der Waals surface area (Å²) in [6, 6.07) is 8.34. The number of carbonyl (C=O) groups excluding carboxylic acids is 1. The van der Waals surface area contributed by atoms with Crippen molar-refractivity contribution in [3.8, 4) is 0 Å². The molecule has 0 aliphatic carbocycles. The largest absolute Gasteiger partial charge is 0.305 e. The second kappa shape index (κ2) is 6.51. The molecule has 25 heavy (non-hydrogen) atoms. The molecule has 2 heterocycles. The molecule has 0 radical (unpaired) electrons. The van der Waals surface area contributed by atoms with Gasteiger partial charge >= 0.3 is 0 Å². The Labute approximate surface area is 145 Å². The average molecular weight is 341 g/mol. The molecule has 0 saturated heterocycles. The van der Waals surface area contributed by atoms with Crippen molar-refractivity contribution in [3.63, 3.8) is 0 Å². The van der Waals surface area contributed by atoms with Gasteiger partial charge < -0.3 is 5.32 Å². The fourth-order valence-corrected chi connectivity index (χ4v) is 2.80. The van der Waals surface area contributed by atoms with Gasteiger partial charge in [-0.05, 0) is 26.8 Å². The lowest BCUT2D eigenvalue weighted by Crippen LogP contribution is -2.15. The van der Waals surface area contributed by atoms with Crippen LogP contribution in [0, 0.1) is 26.6 Å². The third-order valence-corrected chi connectivity index (χ3v) is 4.24. The van der Waals surface area contributed by atoms with E-state index in [1.807, 2.05) is 13.8 Å². The number of amides is 1. The van der Waals surface area contributed by atoms with Crippen LogP contribution in [0.4, 0.5) is 10.2 Å². The van der Waals surface area contributed by atoms with Crippen LogP contribution in [-0.4, -0.2) is 25.5 Å². The molecule has 2 aromatic heterocycles. The van der Waals surface area contributed by atoms with E-state index < -0.39 is 0 Å². The molecule has 0 atom stereocenters. The van der Waals surface area contributed by atoms with E-state index in [9.17, 15) is 9.18 Å². The summed E-state index contributed by atoms with van der Waals surface area (Å²) in [5, 5.41) is 11.4. The van der Waals surface area contributed by atoms with Crippen molar-refractivity contribution < 1.29 is 9.18 Å². The van der Waals surface area contributed by atoms with Crippen molar-refractivity contribution in [2.24, 2.45) is 7.05 Å². The Bertz CT molecular complexity index is 941. The highest BCUT2D eigenvalue weighted by atomic mass is 19.1. The first-order valence-electron chi connectivity index (χ1n) is 7.96. The SMILES string of the molecule is Cc1nn(C)c(C)c1C(=O)Nc1cc(C)n(Cc2ccccc2F)n1. The lowest BCUT2D eigenvalue weighted by molar-refractivity contribution is 0.102. The maximum atomic E-state index is 13.8. The molecule has 0 saturated carbocycles. The Morgan fingerprint density at radius 2 is 1.92 bits per heavy atom. The molecule has 0 unspecified atom stereocenters. The Balaban J connectivity index is 1.81. The summed E-state index contributed by atoms with van der Waals surface area (Å²) in [5.74, 6) is -0.0928. The molecule has 0 aliphatic rings. The first-order valence-corrected chi connectivity index (χ1v) is 7.96. The normalized spacial score (nSPS) is 10.9. The first kappa shape index (κ1) is 16.9. The maximum Gasteiger partial charge on any atom is 0.260 e. The quantitative estimate of drug-likeness (QED) is 0.793. The van der Waals surface area contributed by atoms with Crippen molar-refractivity contribution in [3.05, 3.63) is 64.4 Å². The van der Waals surface area contributed by atoms with Gasteiger partial charge in [0.25, 0.3) is 5.91 Å². The number of carbonyl (C=O) groups is 1. The number of hydrogen-bond acceptors (Lipinski definition) is 3. The summed E-state index contributed by atoms with van der Waals surface area (Å²) in [6.45, 7) is 5.81. The highest BCUT2D eigenvalue weighted by Crippen LogP contribution is 2.17. The number of halogens is 1. The van der Waals surface area contributed by atoms with Crippen LogP contribution in [0.1, 0.15) is 33.0 Å². The summed E-state index contributed by atoms with van der Waals surface area (Å²) in [7, 11) is 1.80. The molecule has 7 heteroatoms. The molecular formula is C18H20FN5O.